The van der Waals surface area contributed by atoms with Crippen molar-refractivity contribution in [1.29, 1.82) is 0 Å². The largest absolute Gasteiger partial charge is 0.481 e. The summed E-state index contributed by atoms with van der Waals surface area (Å²) in [6.07, 6.45) is 4.66. The van der Waals surface area contributed by atoms with Gasteiger partial charge in [-0.05, 0) is 38.5 Å². The Morgan fingerprint density at radius 3 is 2.16 bits per heavy atom. The molecule has 0 aromatic carbocycles. The third kappa shape index (κ3) is 4.20. The molecule has 0 heterocycles. The molecule has 5 heteroatoms. The van der Waals surface area contributed by atoms with Crippen molar-refractivity contribution in [1.82, 2.24) is 5.32 Å². The third-order valence-corrected chi connectivity index (χ3v) is 4.44. The van der Waals surface area contributed by atoms with E-state index in [1.165, 1.54) is 0 Å². The number of carbonyl (C=O) groups excluding carboxylic acids is 1. The highest BCUT2D eigenvalue weighted by molar-refractivity contribution is 5.85. The molecule has 0 atom stereocenters. The molecule has 1 fully saturated rings. The molecule has 1 rings (SSSR count). The van der Waals surface area contributed by atoms with Crippen LogP contribution in [0.25, 0.3) is 0 Å². The molecule has 19 heavy (non-hydrogen) atoms. The van der Waals surface area contributed by atoms with Gasteiger partial charge in [0.15, 0.2) is 0 Å². The molecular formula is C14H26N2O3. The molecule has 0 bridgehead atoms. The fraction of sp³-hybridized carbons (Fsp3) is 0.857. The van der Waals surface area contributed by atoms with Crippen molar-refractivity contribution in [2.24, 2.45) is 11.1 Å². The summed E-state index contributed by atoms with van der Waals surface area (Å²) in [5.41, 5.74) is 4.90. The van der Waals surface area contributed by atoms with Crippen molar-refractivity contribution in [3.05, 3.63) is 0 Å². The summed E-state index contributed by atoms with van der Waals surface area (Å²) in [6.45, 7) is 3.65. The summed E-state index contributed by atoms with van der Waals surface area (Å²) in [5.74, 6) is -1.02. The second kappa shape index (κ2) is 6.89. The van der Waals surface area contributed by atoms with E-state index in [2.05, 4.69) is 5.32 Å². The monoisotopic (exact) mass is 270 g/mol. The van der Waals surface area contributed by atoms with Crippen LogP contribution in [0.2, 0.25) is 0 Å². The number of carboxylic acid groups (broad SMARTS) is 1. The van der Waals surface area contributed by atoms with Crippen LogP contribution in [0.3, 0.4) is 0 Å². The van der Waals surface area contributed by atoms with Crippen LogP contribution >= 0.6 is 0 Å². The van der Waals surface area contributed by atoms with Crippen molar-refractivity contribution < 1.29 is 14.7 Å². The van der Waals surface area contributed by atoms with Gasteiger partial charge in [-0.3, -0.25) is 9.59 Å². The molecule has 1 amide bonds. The molecule has 1 aliphatic carbocycles. The van der Waals surface area contributed by atoms with E-state index in [9.17, 15) is 14.7 Å². The lowest BCUT2D eigenvalue weighted by molar-refractivity contribution is -0.152. The first-order valence-electron chi connectivity index (χ1n) is 7.22. The van der Waals surface area contributed by atoms with E-state index in [0.29, 0.717) is 12.8 Å². The molecule has 4 N–H and O–H groups in total. The second-order valence-electron chi connectivity index (χ2n) is 5.65. The SMILES string of the molecule is CCC(CC)(CC(=O)NC1CCC(N)CC1)C(=O)O. The van der Waals surface area contributed by atoms with Crippen LogP contribution in [0, 0.1) is 5.41 Å². The van der Waals surface area contributed by atoms with Crippen LogP contribution < -0.4 is 11.1 Å². The van der Waals surface area contributed by atoms with Crippen LogP contribution in [0.15, 0.2) is 0 Å². The van der Waals surface area contributed by atoms with E-state index in [1.807, 2.05) is 13.8 Å². The van der Waals surface area contributed by atoms with Gasteiger partial charge in [0.1, 0.15) is 0 Å². The normalized spacial score (nSPS) is 23.9. The Morgan fingerprint density at radius 1 is 1.21 bits per heavy atom. The lowest BCUT2D eigenvalue weighted by Crippen LogP contribution is -2.43. The summed E-state index contributed by atoms with van der Waals surface area (Å²) >= 11 is 0. The third-order valence-electron chi connectivity index (χ3n) is 4.44. The summed E-state index contributed by atoms with van der Waals surface area (Å²) in [7, 11) is 0. The van der Waals surface area contributed by atoms with E-state index >= 15 is 0 Å². The molecule has 0 spiro atoms. The minimum Gasteiger partial charge on any atom is -0.481 e. The zero-order valence-corrected chi connectivity index (χ0v) is 11.9. The number of aliphatic carboxylic acids is 1. The van der Waals surface area contributed by atoms with Gasteiger partial charge >= 0.3 is 5.97 Å². The van der Waals surface area contributed by atoms with E-state index in [0.717, 1.165) is 25.7 Å². The quantitative estimate of drug-likeness (QED) is 0.684. The molecule has 5 nitrogen and oxygen atoms in total. The first-order valence-corrected chi connectivity index (χ1v) is 7.22. The number of nitrogens with one attached hydrogen (secondary N) is 1. The maximum atomic E-state index is 12.0. The Labute approximate surface area is 114 Å². The molecule has 1 aliphatic rings. The van der Waals surface area contributed by atoms with Crippen LogP contribution in [0.5, 0.6) is 0 Å². The second-order valence-corrected chi connectivity index (χ2v) is 5.65. The van der Waals surface area contributed by atoms with Crippen LogP contribution in [0.4, 0.5) is 0 Å². The molecule has 110 valence electrons. The smallest absolute Gasteiger partial charge is 0.310 e. The lowest BCUT2D eigenvalue weighted by atomic mass is 9.79. The fourth-order valence-corrected chi connectivity index (χ4v) is 2.73. The Morgan fingerprint density at radius 2 is 1.74 bits per heavy atom. The Balaban J connectivity index is 2.51. The summed E-state index contributed by atoms with van der Waals surface area (Å²) in [6, 6.07) is 0.407. The first kappa shape index (κ1) is 16.0. The Hall–Kier alpha value is -1.10. The zero-order valence-electron chi connectivity index (χ0n) is 11.9. The highest BCUT2D eigenvalue weighted by atomic mass is 16.4. The average molecular weight is 270 g/mol. The standard InChI is InChI=1S/C14H26N2O3/c1-3-14(4-2,13(18)19)9-12(17)16-11-7-5-10(15)6-8-11/h10-11H,3-9,15H2,1-2H3,(H,16,17)(H,18,19). The van der Waals surface area contributed by atoms with Gasteiger partial charge < -0.3 is 16.2 Å². The van der Waals surface area contributed by atoms with Crippen LogP contribution in [0.1, 0.15) is 58.8 Å². The summed E-state index contributed by atoms with van der Waals surface area (Å²) < 4.78 is 0. The minimum atomic E-state index is -0.921. The van der Waals surface area contributed by atoms with E-state index in [-0.39, 0.29) is 24.4 Å². The van der Waals surface area contributed by atoms with Gasteiger partial charge in [-0.2, -0.15) is 0 Å². The molecule has 1 saturated carbocycles. The highest BCUT2D eigenvalue weighted by Crippen LogP contribution is 2.31. The van der Waals surface area contributed by atoms with E-state index in [4.69, 9.17) is 5.73 Å². The van der Waals surface area contributed by atoms with Crippen molar-refractivity contribution in [2.75, 3.05) is 0 Å². The molecule has 0 aromatic heterocycles. The van der Waals surface area contributed by atoms with Crippen LogP contribution in [-0.4, -0.2) is 29.1 Å². The molecule has 0 aliphatic heterocycles. The predicted molar refractivity (Wildman–Crippen MR) is 73.6 cm³/mol. The van der Waals surface area contributed by atoms with E-state index < -0.39 is 11.4 Å². The summed E-state index contributed by atoms with van der Waals surface area (Å²) in [5, 5.41) is 12.3. The van der Waals surface area contributed by atoms with Gasteiger partial charge in [0, 0.05) is 18.5 Å². The van der Waals surface area contributed by atoms with Gasteiger partial charge in [-0.15, -0.1) is 0 Å². The van der Waals surface area contributed by atoms with Gasteiger partial charge in [-0.25, -0.2) is 0 Å². The highest BCUT2D eigenvalue weighted by Gasteiger charge is 2.37. The number of nitrogens with two attached hydrogens (primary N) is 1. The number of hydrogen-bond acceptors (Lipinski definition) is 3. The molecule has 0 unspecified atom stereocenters. The number of amides is 1. The van der Waals surface area contributed by atoms with E-state index in [1.54, 1.807) is 0 Å². The minimum absolute atomic E-state index is 0.0673. The fourth-order valence-electron chi connectivity index (χ4n) is 2.73. The maximum Gasteiger partial charge on any atom is 0.310 e. The van der Waals surface area contributed by atoms with Gasteiger partial charge in [0.2, 0.25) is 5.91 Å². The lowest BCUT2D eigenvalue weighted by Gasteiger charge is -2.30. The van der Waals surface area contributed by atoms with Gasteiger partial charge in [-0.1, -0.05) is 13.8 Å². The molecule has 0 aromatic rings. The molecule has 0 saturated heterocycles. The van der Waals surface area contributed by atoms with Crippen molar-refractivity contribution in [3.8, 4) is 0 Å². The number of carboxylic acids is 1. The van der Waals surface area contributed by atoms with Gasteiger partial charge in [0.05, 0.1) is 5.41 Å². The first-order chi connectivity index (χ1) is 8.93. The topological polar surface area (TPSA) is 92.4 Å². The van der Waals surface area contributed by atoms with Crippen LogP contribution in [-0.2, 0) is 9.59 Å². The van der Waals surface area contributed by atoms with Crippen molar-refractivity contribution in [2.45, 2.75) is 70.9 Å². The average Bonchev–Trinajstić information content (AvgIpc) is 2.38. The molecular weight excluding hydrogens is 244 g/mol. The summed E-state index contributed by atoms with van der Waals surface area (Å²) in [4.78, 5) is 23.4. The zero-order chi connectivity index (χ0) is 14.5. The number of rotatable bonds is 6. The number of hydrogen-bond donors (Lipinski definition) is 3. The Kier molecular flexibility index (Phi) is 5.79. The van der Waals surface area contributed by atoms with Crippen molar-refractivity contribution in [3.63, 3.8) is 0 Å². The predicted octanol–water partition coefficient (Wildman–Crippen LogP) is 1.65. The maximum absolute atomic E-state index is 12.0. The van der Waals surface area contributed by atoms with Gasteiger partial charge in [0.25, 0.3) is 0 Å². The molecule has 0 radical (unpaired) electrons. The number of carbonyl (C=O) groups is 2. The Bertz CT molecular complexity index is 319. The van der Waals surface area contributed by atoms with Crippen molar-refractivity contribution >= 4 is 11.9 Å².